The fourth-order valence-corrected chi connectivity index (χ4v) is 4.03. The minimum absolute atomic E-state index is 0.0968. The van der Waals surface area contributed by atoms with Crippen LogP contribution < -0.4 is 16.0 Å². The molecule has 0 aliphatic heterocycles. The molecule has 1 aliphatic carbocycles. The van der Waals surface area contributed by atoms with E-state index >= 15 is 0 Å². The molecule has 0 aromatic heterocycles. The quantitative estimate of drug-likeness (QED) is 0.374. The molecule has 9 heteroatoms. The van der Waals surface area contributed by atoms with E-state index < -0.39 is 36.0 Å². The monoisotopic (exact) mass is 481 g/mol. The van der Waals surface area contributed by atoms with Gasteiger partial charge in [0.05, 0.1) is 0 Å². The summed E-state index contributed by atoms with van der Waals surface area (Å²) in [6, 6.07) is 14.2. The lowest BCUT2D eigenvalue weighted by Gasteiger charge is -2.24. The van der Waals surface area contributed by atoms with Crippen molar-refractivity contribution in [3.63, 3.8) is 0 Å². The molecule has 0 spiro atoms. The van der Waals surface area contributed by atoms with Crippen LogP contribution in [0.1, 0.15) is 44.7 Å². The van der Waals surface area contributed by atoms with Crippen LogP contribution in [0.15, 0.2) is 48.5 Å². The van der Waals surface area contributed by atoms with Crippen molar-refractivity contribution in [3.05, 3.63) is 59.7 Å². The molecule has 186 valence electrons. The van der Waals surface area contributed by atoms with Crippen LogP contribution in [0, 0.1) is 5.92 Å². The maximum absolute atomic E-state index is 12.8. The first-order chi connectivity index (χ1) is 16.7. The van der Waals surface area contributed by atoms with Crippen molar-refractivity contribution in [1.82, 2.24) is 16.0 Å². The molecular formula is C26H31N3O6. The van der Waals surface area contributed by atoms with Crippen molar-refractivity contribution in [2.24, 2.45) is 5.92 Å². The highest BCUT2D eigenvalue weighted by Crippen LogP contribution is 2.44. The molecule has 35 heavy (non-hydrogen) atoms. The van der Waals surface area contributed by atoms with E-state index in [2.05, 4.69) is 32.8 Å². The van der Waals surface area contributed by atoms with Gasteiger partial charge in [0.25, 0.3) is 0 Å². The SMILES string of the molecule is CC(=O)OCNC(=O)C(C)NC(=O)C(NC(=O)OCC1c2ccccc2-c2ccccc21)C(C)C. The number of nitrogens with one attached hydrogen (secondary N) is 3. The van der Waals surface area contributed by atoms with Crippen molar-refractivity contribution < 1.29 is 28.7 Å². The summed E-state index contributed by atoms with van der Waals surface area (Å²) in [7, 11) is 0. The highest BCUT2D eigenvalue weighted by atomic mass is 16.5. The zero-order valence-corrected chi connectivity index (χ0v) is 20.3. The summed E-state index contributed by atoms with van der Waals surface area (Å²) in [4.78, 5) is 48.3. The summed E-state index contributed by atoms with van der Waals surface area (Å²) >= 11 is 0. The van der Waals surface area contributed by atoms with E-state index in [0.29, 0.717) is 0 Å². The molecule has 3 rings (SSSR count). The fraction of sp³-hybridized carbons (Fsp3) is 0.385. The van der Waals surface area contributed by atoms with E-state index in [0.717, 1.165) is 22.3 Å². The molecule has 3 N–H and O–H groups in total. The second kappa shape index (κ2) is 11.5. The molecule has 0 fully saturated rings. The van der Waals surface area contributed by atoms with Gasteiger partial charge in [-0.15, -0.1) is 0 Å². The van der Waals surface area contributed by atoms with Crippen LogP contribution in [0.2, 0.25) is 0 Å². The summed E-state index contributed by atoms with van der Waals surface area (Å²) in [5, 5.41) is 7.57. The summed E-state index contributed by atoms with van der Waals surface area (Å²) in [5.41, 5.74) is 4.43. The van der Waals surface area contributed by atoms with E-state index in [1.54, 1.807) is 13.8 Å². The third-order valence-electron chi connectivity index (χ3n) is 5.84. The second-order valence-electron chi connectivity index (χ2n) is 8.74. The molecule has 3 amide bonds. The Balaban J connectivity index is 1.57. The summed E-state index contributed by atoms with van der Waals surface area (Å²) < 4.78 is 10.2. The number of ether oxygens (including phenoxy) is 2. The van der Waals surface area contributed by atoms with E-state index in [1.165, 1.54) is 13.8 Å². The van der Waals surface area contributed by atoms with Crippen molar-refractivity contribution in [3.8, 4) is 11.1 Å². The van der Waals surface area contributed by atoms with E-state index in [1.807, 2.05) is 36.4 Å². The number of carbonyl (C=O) groups excluding carboxylic acids is 4. The highest BCUT2D eigenvalue weighted by molar-refractivity contribution is 5.91. The molecule has 9 nitrogen and oxygen atoms in total. The molecule has 0 heterocycles. The molecule has 2 aromatic carbocycles. The first-order valence-electron chi connectivity index (χ1n) is 11.5. The summed E-state index contributed by atoms with van der Waals surface area (Å²) in [5.74, 6) is -1.94. The van der Waals surface area contributed by atoms with Crippen LogP contribution in [-0.2, 0) is 23.9 Å². The van der Waals surface area contributed by atoms with Gasteiger partial charge in [0.2, 0.25) is 11.8 Å². The number of amides is 3. The van der Waals surface area contributed by atoms with Crippen LogP contribution in [0.4, 0.5) is 4.79 Å². The Labute approximate surface area is 204 Å². The van der Waals surface area contributed by atoms with Crippen molar-refractivity contribution in [2.45, 2.75) is 45.7 Å². The van der Waals surface area contributed by atoms with E-state index in [4.69, 9.17) is 4.74 Å². The van der Waals surface area contributed by atoms with Gasteiger partial charge in [-0.05, 0) is 35.1 Å². The second-order valence-corrected chi connectivity index (χ2v) is 8.74. The van der Waals surface area contributed by atoms with Crippen LogP contribution >= 0.6 is 0 Å². The number of hydrogen-bond donors (Lipinski definition) is 3. The van der Waals surface area contributed by atoms with E-state index in [9.17, 15) is 19.2 Å². The largest absolute Gasteiger partial charge is 0.449 e. The van der Waals surface area contributed by atoms with Crippen LogP contribution in [0.25, 0.3) is 11.1 Å². The number of benzene rings is 2. The molecule has 2 aromatic rings. The topological polar surface area (TPSA) is 123 Å². The maximum atomic E-state index is 12.8. The van der Waals surface area contributed by atoms with Crippen molar-refractivity contribution >= 4 is 23.9 Å². The van der Waals surface area contributed by atoms with Gasteiger partial charge < -0.3 is 25.4 Å². The Morgan fingerprint density at radius 3 is 1.94 bits per heavy atom. The van der Waals surface area contributed by atoms with Crippen molar-refractivity contribution in [1.29, 1.82) is 0 Å². The number of carbonyl (C=O) groups is 4. The molecule has 2 unspecified atom stereocenters. The Bertz CT molecular complexity index is 1050. The Kier molecular flexibility index (Phi) is 8.46. The minimum atomic E-state index is -0.908. The lowest BCUT2D eigenvalue weighted by Crippen LogP contribution is -2.54. The van der Waals surface area contributed by atoms with Gasteiger partial charge in [-0.25, -0.2) is 4.79 Å². The third-order valence-corrected chi connectivity index (χ3v) is 5.84. The standard InChI is InChI=1S/C26H31N3O6/c1-15(2)23(25(32)28-16(3)24(31)27-14-35-17(4)30)29-26(33)34-13-22-20-11-7-5-9-18(20)19-10-6-8-12-21(19)22/h5-12,15-16,22-23H,13-14H2,1-4H3,(H,27,31)(H,28,32)(H,29,33). The summed E-state index contributed by atoms with van der Waals surface area (Å²) in [6.45, 7) is 6.10. The van der Waals surface area contributed by atoms with Crippen molar-refractivity contribution in [2.75, 3.05) is 13.3 Å². The first kappa shape index (κ1) is 25.7. The van der Waals surface area contributed by atoms with Crippen LogP contribution in [-0.4, -0.2) is 49.3 Å². The summed E-state index contributed by atoms with van der Waals surface area (Å²) in [6.07, 6.45) is -0.715. The molecule has 0 saturated heterocycles. The van der Waals surface area contributed by atoms with Crippen LogP contribution in [0.5, 0.6) is 0 Å². The van der Waals surface area contributed by atoms with Gasteiger partial charge in [-0.2, -0.15) is 0 Å². The molecule has 2 atom stereocenters. The average molecular weight is 482 g/mol. The number of fused-ring (bicyclic) bond motifs is 3. The molecular weight excluding hydrogens is 450 g/mol. The van der Waals surface area contributed by atoms with Gasteiger partial charge in [-0.3, -0.25) is 14.4 Å². The smallest absolute Gasteiger partial charge is 0.407 e. The lowest BCUT2D eigenvalue weighted by atomic mass is 9.98. The van der Waals surface area contributed by atoms with E-state index in [-0.39, 0.29) is 25.2 Å². The first-order valence-corrected chi connectivity index (χ1v) is 11.5. The van der Waals surface area contributed by atoms with Crippen LogP contribution in [0.3, 0.4) is 0 Å². The highest BCUT2D eigenvalue weighted by Gasteiger charge is 2.31. The zero-order valence-electron chi connectivity index (χ0n) is 20.3. The predicted octanol–water partition coefficient (Wildman–Crippen LogP) is 2.69. The van der Waals surface area contributed by atoms with Gasteiger partial charge in [0.15, 0.2) is 6.73 Å². The predicted molar refractivity (Wildman–Crippen MR) is 129 cm³/mol. The molecule has 0 radical (unpaired) electrons. The minimum Gasteiger partial charge on any atom is -0.449 e. The Morgan fingerprint density at radius 2 is 1.40 bits per heavy atom. The number of hydrogen-bond acceptors (Lipinski definition) is 6. The normalized spacial score (nSPS) is 13.7. The third kappa shape index (κ3) is 6.38. The number of rotatable bonds is 9. The van der Waals surface area contributed by atoms with Gasteiger partial charge in [-0.1, -0.05) is 62.4 Å². The number of alkyl carbamates (subject to hydrolysis) is 1. The fourth-order valence-electron chi connectivity index (χ4n) is 4.03. The average Bonchev–Trinajstić information content (AvgIpc) is 3.14. The molecule has 1 aliphatic rings. The lowest BCUT2D eigenvalue weighted by molar-refractivity contribution is -0.143. The maximum Gasteiger partial charge on any atom is 0.407 e. The van der Waals surface area contributed by atoms with Gasteiger partial charge >= 0.3 is 12.1 Å². The van der Waals surface area contributed by atoms with Gasteiger partial charge in [0.1, 0.15) is 18.7 Å². The molecule has 0 saturated carbocycles. The van der Waals surface area contributed by atoms with Gasteiger partial charge in [0, 0.05) is 12.8 Å². The Morgan fingerprint density at radius 1 is 0.829 bits per heavy atom. The number of esters is 1. The Hall–Kier alpha value is -3.88. The molecule has 0 bridgehead atoms. The zero-order chi connectivity index (χ0) is 25.5.